The number of carboxylic acids is 1. The van der Waals surface area contributed by atoms with E-state index in [1.54, 1.807) is 6.07 Å². The van der Waals surface area contributed by atoms with Crippen LogP contribution < -0.4 is 10.1 Å². The molecule has 1 heterocycles. The zero-order valence-electron chi connectivity index (χ0n) is 21.3. The summed E-state index contributed by atoms with van der Waals surface area (Å²) in [4.78, 5) is 27.5. The second-order valence-electron chi connectivity index (χ2n) is 9.35. The van der Waals surface area contributed by atoms with Crippen LogP contribution in [0.4, 0.5) is 0 Å². The third kappa shape index (κ3) is 6.13. The highest BCUT2D eigenvalue weighted by Gasteiger charge is 2.19. The standard InChI is InChI=1S/C32H27ClN2O4/c1-20-16-26(13-10-22(20)11-15-29(36)37)39-25-9-5-6-21(17-25)19-34-32(38)31-30(23-7-3-2-4-8-23)27-18-24(33)12-14-28(27)35-31/h2-10,12-14,16-18,35H,11,15,19H2,1H3,(H,34,38)(H,36,37). The Morgan fingerprint density at radius 3 is 2.49 bits per heavy atom. The molecule has 1 aromatic heterocycles. The van der Waals surface area contributed by atoms with E-state index in [9.17, 15) is 9.59 Å². The number of halogens is 1. The number of aromatic amines is 1. The van der Waals surface area contributed by atoms with Gasteiger partial charge in [-0.25, -0.2) is 0 Å². The van der Waals surface area contributed by atoms with Crippen LogP contribution in [0.25, 0.3) is 22.0 Å². The van der Waals surface area contributed by atoms with Gasteiger partial charge in [0, 0.05) is 34.5 Å². The first-order chi connectivity index (χ1) is 18.9. The molecule has 196 valence electrons. The molecule has 5 aromatic rings. The van der Waals surface area contributed by atoms with Crippen LogP contribution in [0.1, 0.15) is 33.6 Å². The molecule has 0 saturated carbocycles. The van der Waals surface area contributed by atoms with Gasteiger partial charge < -0.3 is 20.1 Å². The monoisotopic (exact) mass is 538 g/mol. The van der Waals surface area contributed by atoms with Crippen molar-refractivity contribution in [1.29, 1.82) is 0 Å². The number of ether oxygens (including phenoxy) is 1. The zero-order valence-corrected chi connectivity index (χ0v) is 22.1. The number of H-pyrrole nitrogens is 1. The van der Waals surface area contributed by atoms with Gasteiger partial charge in [-0.3, -0.25) is 9.59 Å². The number of fused-ring (bicyclic) bond motifs is 1. The first kappa shape index (κ1) is 26.1. The molecule has 0 aliphatic heterocycles. The molecule has 0 radical (unpaired) electrons. The Kier molecular flexibility index (Phi) is 7.66. The summed E-state index contributed by atoms with van der Waals surface area (Å²) in [5.41, 5.74) is 5.89. The number of hydrogen-bond donors (Lipinski definition) is 3. The molecule has 4 aromatic carbocycles. The van der Waals surface area contributed by atoms with Crippen LogP contribution in [-0.4, -0.2) is 22.0 Å². The number of carbonyl (C=O) groups excluding carboxylic acids is 1. The minimum atomic E-state index is -0.816. The summed E-state index contributed by atoms with van der Waals surface area (Å²) in [6.07, 6.45) is 0.569. The summed E-state index contributed by atoms with van der Waals surface area (Å²) in [7, 11) is 0. The predicted octanol–water partition coefficient (Wildman–Crippen LogP) is 7.54. The number of benzene rings is 4. The summed E-state index contributed by atoms with van der Waals surface area (Å²) < 4.78 is 6.05. The van der Waals surface area contributed by atoms with Gasteiger partial charge in [-0.2, -0.15) is 0 Å². The van der Waals surface area contributed by atoms with Crippen molar-refractivity contribution in [2.45, 2.75) is 26.3 Å². The third-order valence-electron chi connectivity index (χ3n) is 6.56. The van der Waals surface area contributed by atoms with Crippen LogP contribution in [0.15, 0.2) is 91.0 Å². The average Bonchev–Trinajstić information content (AvgIpc) is 3.30. The van der Waals surface area contributed by atoms with E-state index in [4.69, 9.17) is 21.4 Å². The van der Waals surface area contributed by atoms with Gasteiger partial charge >= 0.3 is 5.97 Å². The lowest BCUT2D eigenvalue weighted by Crippen LogP contribution is -2.23. The van der Waals surface area contributed by atoms with Crippen LogP contribution in [0.3, 0.4) is 0 Å². The van der Waals surface area contributed by atoms with Gasteiger partial charge in [0.25, 0.3) is 5.91 Å². The van der Waals surface area contributed by atoms with E-state index in [1.807, 2.05) is 91.9 Å². The Labute approximate surface area is 231 Å². The molecule has 0 saturated heterocycles. The Hall–Kier alpha value is -4.55. The fraction of sp³-hybridized carbons (Fsp3) is 0.125. The lowest BCUT2D eigenvalue weighted by Gasteiger charge is -2.11. The molecule has 3 N–H and O–H groups in total. The maximum atomic E-state index is 13.4. The van der Waals surface area contributed by atoms with Crippen LogP contribution in [0.2, 0.25) is 5.02 Å². The molecule has 1 amide bonds. The topological polar surface area (TPSA) is 91.4 Å². The summed E-state index contributed by atoms with van der Waals surface area (Å²) in [6, 6.07) is 28.5. The predicted molar refractivity (Wildman–Crippen MR) is 154 cm³/mol. The Morgan fingerprint density at radius 2 is 1.72 bits per heavy atom. The van der Waals surface area contributed by atoms with E-state index < -0.39 is 5.97 Å². The maximum Gasteiger partial charge on any atom is 0.303 e. The molecule has 39 heavy (non-hydrogen) atoms. The largest absolute Gasteiger partial charge is 0.481 e. The average molecular weight is 539 g/mol. The highest BCUT2D eigenvalue weighted by Crippen LogP contribution is 2.34. The van der Waals surface area contributed by atoms with Crippen molar-refractivity contribution in [2.24, 2.45) is 0 Å². The maximum absolute atomic E-state index is 13.4. The lowest BCUT2D eigenvalue weighted by atomic mass is 10.0. The van der Waals surface area contributed by atoms with Crippen molar-refractivity contribution in [3.05, 3.63) is 118 Å². The number of aromatic nitrogens is 1. The summed E-state index contributed by atoms with van der Waals surface area (Å²) in [6.45, 7) is 2.26. The molecule has 0 bridgehead atoms. The fourth-order valence-corrected chi connectivity index (χ4v) is 4.79. The van der Waals surface area contributed by atoms with Gasteiger partial charge in [0.1, 0.15) is 17.2 Å². The first-order valence-corrected chi connectivity index (χ1v) is 13.0. The van der Waals surface area contributed by atoms with E-state index in [-0.39, 0.29) is 12.3 Å². The molecule has 0 aliphatic carbocycles. The molecule has 6 nitrogen and oxygen atoms in total. The molecule has 0 aliphatic rings. The van der Waals surface area contributed by atoms with Gasteiger partial charge in [-0.15, -0.1) is 0 Å². The lowest BCUT2D eigenvalue weighted by molar-refractivity contribution is -0.136. The number of carbonyl (C=O) groups is 2. The molecule has 5 rings (SSSR count). The summed E-state index contributed by atoms with van der Waals surface area (Å²) in [5.74, 6) is 0.269. The third-order valence-corrected chi connectivity index (χ3v) is 6.79. The van der Waals surface area contributed by atoms with E-state index in [0.29, 0.717) is 35.2 Å². The second kappa shape index (κ2) is 11.5. The molecule has 0 atom stereocenters. The number of amides is 1. The van der Waals surface area contributed by atoms with Gasteiger partial charge in [-0.1, -0.05) is 60.1 Å². The zero-order chi connectivity index (χ0) is 27.4. The number of aryl methyl sites for hydroxylation is 2. The Morgan fingerprint density at radius 1 is 0.923 bits per heavy atom. The Bertz CT molecular complexity index is 1660. The van der Waals surface area contributed by atoms with Crippen LogP contribution >= 0.6 is 11.6 Å². The highest BCUT2D eigenvalue weighted by atomic mass is 35.5. The normalized spacial score (nSPS) is 10.9. The van der Waals surface area contributed by atoms with Gasteiger partial charge in [0.15, 0.2) is 0 Å². The van der Waals surface area contributed by atoms with E-state index >= 15 is 0 Å². The van der Waals surface area contributed by atoms with Crippen LogP contribution in [0, 0.1) is 6.92 Å². The smallest absolute Gasteiger partial charge is 0.303 e. The number of rotatable bonds is 9. The van der Waals surface area contributed by atoms with Crippen molar-refractivity contribution < 1.29 is 19.4 Å². The minimum Gasteiger partial charge on any atom is -0.481 e. The Balaban J connectivity index is 1.31. The van der Waals surface area contributed by atoms with Crippen LogP contribution in [0.5, 0.6) is 11.5 Å². The van der Waals surface area contributed by atoms with Gasteiger partial charge in [0.2, 0.25) is 0 Å². The first-order valence-electron chi connectivity index (χ1n) is 12.6. The van der Waals surface area contributed by atoms with Crippen LogP contribution in [-0.2, 0) is 17.8 Å². The van der Waals surface area contributed by atoms with Gasteiger partial charge in [-0.05, 0) is 78.1 Å². The number of nitrogens with one attached hydrogen (secondary N) is 2. The van der Waals surface area contributed by atoms with E-state index in [1.165, 1.54) is 0 Å². The summed E-state index contributed by atoms with van der Waals surface area (Å²) >= 11 is 6.27. The van der Waals surface area contributed by atoms with Crippen molar-refractivity contribution in [2.75, 3.05) is 0 Å². The molecule has 7 heteroatoms. The molecular weight excluding hydrogens is 512 g/mol. The van der Waals surface area contributed by atoms with Gasteiger partial charge in [0.05, 0.1) is 0 Å². The SMILES string of the molecule is Cc1cc(Oc2cccc(CNC(=O)c3[nH]c4ccc(Cl)cc4c3-c3ccccc3)c2)ccc1CCC(=O)O. The molecule has 0 fully saturated rings. The van der Waals surface area contributed by atoms with Crippen molar-refractivity contribution in [1.82, 2.24) is 10.3 Å². The van der Waals surface area contributed by atoms with Crippen molar-refractivity contribution >= 4 is 34.4 Å². The van der Waals surface area contributed by atoms with Crippen molar-refractivity contribution in [3.63, 3.8) is 0 Å². The quantitative estimate of drug-likeness (QED) is 0.181. The summed E-state index contributed by atoms with van der Waals surface area (Å²) in [5, 5.41) is 13.5. The van der Waals surface area contributed by atoms with E-state index in [0.717, 1.165) is 38.7 Å². The van der Waals surface area contributed by atoms with E-state index in [2.05, 4.69) is 10.3 Å². The fourth-order valence-electron chi connectivity index (χ4n) is 4.62. The highest BCUT2D eigenvalue weighted by molar-refractivity contribution is 6.31. The number of hydrogen-bond acceptors (Lipinski definition) is 3. The number of carboxylic acid groups (broad SMARTS) is 1. The number of aliphatic carboxylic acids is 1. The molecule has 0 spiro atoms. The van der Waals surface area contributed by atoms with Crippen molar-refractivity contribution in [3.8, 4) is 22.6 Å². The molecule has 0 unspecified atom stereocenters. The second-order valence-corrected chi connectivity index (χ2v) is 9.78. The minimum absolute atomic E-state index is 0.0912. The molecular formula is C32H27ClN2O4.